The van der Waals surface area contributed by atoms with Crippen LogP contribution in [0.15, 0.2) is 6.33 Å². The Hall–Kier alpha value is -1.07. The molecule has 0 radical (unpaired) electrons. The van der Waals surface area contributed by atoms with Crippen LogP contribution in [0.2, 0.25) is 5.15 Å². The second-order valence-electron chi connectivity index (χ2n) is 4.38. The van der Waals surface area contributed by atoms with Gasteiger partial charge in [0, 0.05) is 6.54 Å². The van der Waals surface area contributed by atoms with E-state index in [0.717, 1.165) is 19.5 Å². The van der Waals surface area contributed by atoms with Crippen LogP contribution in [-0.2, 0) is 0 Å². The number of rotatable bonds is 6. The number of nitrogens with one attached hydrogen (secondary N) is 1. The minimum absolute atomic E-state index is 0.342. The van der Waals surface area contributed by atoms with E-state index in [9.17, 15) is 0 Å². The first-order chi connectivity index (χ1) is 8.81. The van der Waals surface area contributed by atoms with Crippen molar-refractivity contribution in [1.29, 1.82) is 0 Å². The van der Waals surface area contributed by atoms with Crippen LogP contribution in [0.5, 0.6) is 5.75 Å². The number of ether oxygens (including phenoxy) is 1. The summed E-state index contributed by atoms with van der Waals surface area (Å²) in [6.07, 6.45) is 5.20. The first kappa shape index (κ1) is 13.4. The van der Waals surface area contributed by atoms with E-state index in [1.54, 1.807) is 7.11 Å². The summed E-state index contributed by atoms with van der Waals surface area (Å²) in [5.74, 6) is 1.18. The number of likely N-dealkylation sites (tertiary alicyclic amines) is 1. The van der Waals surface area contributed by atoms with E-state index in [2.05, 4.69) is 20.2 Å². The van der Waals surface area contributed by atoms with Gasteiger partial charge in [0.15, 0.2) is 16.7 Å². The summed E-state index contributed by atoms with van der Waals surface area (Å²) < 4.78 is 5.18. The number of hydrogen-bond donors (Lipinski definition) is 1. The van der Waals surface area contributed by atoms with Crippen LogP contribution in [0, 0.1) is 0 Å². The zero-order chi connectivity index (χ0) is 12.8. The lowest BCUT2D eigenvalue weighted by Crippen LogP contribution is -2.22. The number of nitrogens with zero attached hydrogens (tertiary/aromatic N) is 3. The fourth-order valence-electron chi connectivity index (χ4n) is 2.17. The molecule has 2 heterocycles. The van der Waals surface area contributed by atoms with Crippen LogP contribution in [0.1, 0.15) is 19.3 Å². The number of anilines is 1. The van der Waals surface area contributed by atoms with Crippen molar-refractivity contribution in [2.75, 3.05) is 38.6 Å². The largest absolute Gasteiger partial charge is 0.490 e. The van der Waals surface area contributed by atoms with Gasteiger partial charge in [-0.15, -0.1) is 0 Å². The molecule has 1 aliphatic rings. The molecule has 2 rings (SSSR count). The minimum atomic E-state index is 0.342. The van der Waals surface area contributed by atoms with Gasteiger partial charge in [-0.2, -0.15) is 0 Å². The molecule has 1 aliphatic heterocycles. The van der Waals surface area contributed by atoms with Crippen molar-refractivity contribution < 1.29 is 4.74 Å². The predicted molar refractivity (Wildman–Crippen MR) is 72.4 cm³/mol. The third kappa shape index (κ3) is 3.46. The lowest BCUT2D eigenvalue weighted by molar-refractivity contribution is 0.337. The number of halogens is 1. The highest BCUT2D eigenvalue weighted by Gasteiger charge is 2.12. The first-order valence-electron chi connectivity index (χ1n) is 6.32. The Morgan fingerprint density at radius 1 is 1.39 bits per heavy atom. The lowest BCUT2D eigenvalue weighted by atomic mass is 10.4. The molecular formula is C12H19ClN4O. The molecule has 0 atom stereocenters. The van der Waals surface area contributed by atoms with Crippen LogP contribution in [0.3, 0.4) is 0 Å². The van der Waals surface area contributed by atoms with E-state index in [1.807, 2.05) is 0 Å². The van der Waals surface area contributed by atoms with Gasteiger partial charge in [-0.05, 0) is 38.9 Å². The Morgan fingerprint density at radius 3 is 2.89 bits per heavy atom. The Kier molecular flexibility index (Phi) is 5.01. The monoisotopic (exact) mass is 270 g/mol. The second kappa shape index (κ2) is 6.75. The van der Waals surface area contributed by atoms with Crippen molar-refractivity contribution >= 4 is 17.4 Å². The minimum Gasteiger partial charge on any atom is -0.490 e. The molecule has 0 saturated carbocycles. The van der Waals surface area contributed by atoms with E-state index in [-0.39, 0.29) is 0 Å². The molecule has 0 bridgehead atoms. The van der Waals surface area contributed by atoms with Gasteiger partial charge in [0.05, 0.1) is 7.11 Å². The third-order valence-electron chi connectivity index (χ3n) is 3.11. The maximum atomic E-state index is 5.92. The zero-order valence-corrected chi connectivity index (χ0v) is 11.4. The number of aromatic nitrogens is 2. The van der Waals surface area contributed by atoms with Crippen molar-refractivity contribution in [1.82, 2.24) is 14.9 Å². The third-order valence-corrected chi connectivity index (χ3v) is 3.38. The number of methoxy groups -OCH3 is 1. The highest BCUT2D eigenvalue weighted by Crippen LogP contribution is 2.28. The number of hydrogen-bond acceptors (Lipinski definition) is 5. The van der Waals surface area contributed by atoms with Crippen LogP contribution in [0.25, 0.3) is 0 Å². The molecule has 0 aliphatic carbocycles. The van der Waals surface area contributed by atoms with Crippen LogP contribution in [0.4, 0.5) is 5.82 Å². The summed E-state index contributed by atoms with van der Waals surface area (Å²) in [5, 5.41) is 3.58. The Labute approximate surface area is 113 Å². The molecule has 0 aromatic carbocycles. The maximum absolute atomic E-state index is 5.92. The molecular weight excluding hydrogens is 252 g/mol. The van der Waals surface area contributed by atoms with Crippen molar-refractivity contribution in [3.05, 3.63) is 11.5 Å². The van der Waals surface area contributed by atoms with E-state index < -0.39 is 0 Å². The first-order valence-corrected chi connectivity index (χ1v) is 6.70. The Balaban J connectivity index is 1.77. The maximum Gasteiger partial charge on any atom is 0.198 e. The van der Waals surface area contributed by atoms with Gasteiger partial charge in [-0.25, -0.2) is 9.97 Å². The molecule has 1 aromatic rings. The van der Waals surface area contributed by atoms with E-state index in [0.29, 0.717) is 16.7 Å². The van der Waals surface area contributed by atoms with E-state index in [1.165, 1.54) is 32.3 Å². The van der Waals surface area contributed by atoms with Crippen LogP contribution >= 0.6 is 11.6 Å². The SMILES string of the molecule is COc1c(Cl)ncnc1NCCCN1CCCC1. The van der Waals surface area contributed by atoms with Crippen LogP contribution in [-0.4, -0.2) is 48.2 Å². The van der Waals surface area contributed by atoms with Crippen LogP contribution < -0.4 is 10.1 Å². The van der Waals surface area contributed by atoms with Gasteiger partial charge in [0.1, 0.15) is 6.33 Å². The highest BCUT2D eigenvalue weighted by molar-refractivity contribution is 6.31. The van der Waals surface area contributed by atoms with Crippen molar-refractivity contribution in [3.8, 4) is 5.75 Å². The molecule has 6 heteroatoms. The average molecular weight is 271 g/mol. The summed E-state index contributed by atoms with van der Waals surface area (Å²) >= 11 is 5.92. The molecule has 0 spiro atoms. The molecule has 18 heavy (non-hydrogen) atoms. The van der Waals surface area contributed by atoms with E-state index in [4.69, 9.17) is 16.3 Å². The normalized spacial score (nSPS) is 15.9. The zero-order valence-electron chi connectivity index (χ0n) is 10.7. The van der Waals surface area contributed by atoms with Gasteiger partial charge in [-0.3, -0.25) is 0 Å². The summed E-state index contributed by atoms with van der Waals surface area (Å²) in [4.78, 5) is 10.5. The van der Waals surface area contributed by atoms with Gasteiger partial charge >= 0.3 is 0 Å². The molecule has 1 fully saturated rings. The summed E-state index contributed by atoms with van der Waals surface area (Å²) in [6.45, 7) is 4.47. The summed E-state index contributed by atoms with van der Waals surface area (Å²) in [5.41, 5.74) is 0. The second-order valence-corrected chi connectivity index (χ2v) is 4.73. The van der Waals surface area contributed by atoms with E-state index >= 15 is 0 Å². The smallest absolute Gasteiger partial charge is 0.198 e. The molecule has 1 saturated heterocycles. The fourth-order valence-corrected chi connectivity index (χ4v) is 2.39. The van der Waals surface area contributed by atoms with Gasteiger partial charge in [0.2, 0.25) is 0 Å². The molecule has 1 N–H and O–H groups in total. The van der Waals surface area contributed by atoms with Crippen molar-refractivity contribution in [2.45, 2.75) is 19.3 Å². The average Bonchev–Trinajstić information content (AvgIpc) is 2.88. The fraction of sp³-hybridized carbons (Fsp3) is 0.667. The summed E-state index contributed by atoms with van der Waals surface area (Å²) in [6, 6.07) is 0. The molecule has 0 unspecified atom stereocenters. The quantitative estimate of drug-likeness (QED) is 0.633. The molecule has 0 amide bonds. The Morgan fingerprint density at radius 2 is 2.17 bits per heavy atom. The lowest BCUT2D eigenvalue weighted by Gasteiger charge is -2.15. The predicted octanol–water partition coefficient (Wildman–Crippen LogP) is 2.04. The van der Waals surface area contributed by atoms with Crippen molar-refractivity contribution in [2.24, 2.45) is 0 Å². The molecule has 1 aromatic heterocycles. The highest BCUT2D eigenvalue weighted by atomic mass is 35.5. The molecule has 5 nitrogen and oxygen atoms in total. The Bertz CT molecular complexity index is 382. The van der Waals surface area contributed by atoms with Gasteiger partial charge < -0.3 is 15.0 Å². The summed E-state index contributed by atoms with van der Waals surface area (Å²) in [7, 11) is 1.57. The topological polar surface area (TPSA) is 50.3 Å². The molecule has 100 valence electrons. The van der Waals surface area contributed by atoms with Gasteiger partial charge in [0.25, 0.3) is 0 Å². The standard InChI is InChI=1S/C12H19ClN4O/c1-18-10-11(13)15-9-16-12(10)14-5-4-8-17-6-2-3-7-17/h9H,2-8H2,1H3,(H,14,15,16). The van der Waals surface area contributed by atoms with Gasteiger partial charge in [-0.1, -0.05) is 11.6 Å². The van der Waals surface area contributed by atoms with Crippen molar-refractivity contribution in [3.63, 3.8) is 0 Å².